The monoisotopic (exact) mass is 390 g/mol. The van der Waals surface area contributed by atoms with Gasteiger partial charge in [-0.25, -0.2) is 9.69 Å². The van der Waals surface area contributed by atoms with Crippen molar-refractivity contribution in [1.29, 1.82) is 0 Å². The molecule has 3 amide bonds. The highest BCUT2D eigenvalue weighted by Crippen LogP contribution is 2.23. The van der Waals surface area contributed by atoms with Gasteiger partial charge < -0.3 is 14.5 Å². The molecule has 8 nitrogen and oxygen atoms in total. The molecular formula is C21H14N2O6. The van der Waals surface area contributed by atoms with E-state index in [2.05, 4.69) is 5.32 Å². The number of ether oxygens (including phenoxy) is 1. The van der Waals surface area contributed by atoms with Crippen molar-refractivity contribution in [3.63, 3.8) is 0 Å². The Bertz CT molecular complexity index is 1080. The third-order valence-corrected chi connectivity index (χ3v) is 4.34. The Morgan fingerprint density at radius 3 is 2.21 bits per heavy atom. The molecule has 1 aromatic heterocycles. The summed E-state index contributed by atoms with van der Waals surface area (Å²) in [4.78, 5) is 50.3. The summed E-state index contributed by atoms with van der Waals surface area (Å²) < 4.78 is 10.2. The number of carbonyl (C=O) groups is 4. The second-order valence-electron chi connectivity index (χ2n) is 6.12. The highest BCUT2D eigenvalue weighted by molar-refractivity contribution is 6.21. The van der Waals surface area contributed by atoms with Gasteiger partial charge in [-0.2, -0.15) is 0 Å². The van der Waals surface area contributed by atoms with E-state index in [1.165, 1.54) is 36.6 Å². The van der Waals surface area contributed by atoms with E-state index >= 15 is 0 Å². The minimum atomic E-state index is -0.795. The van der Waals surface area contributed by atoms with Crippen molar-refractivity contribution in [3.8, 4) is 0 Å². The Morgan fingerprint density at radius 1 is 0.897 bits per heavy atom. The minimum absolute atomic E-state index is 0.0732. The predicted octanol–water partition coefficient (Wildman–Crippen LogP) is 2.94. The second kappa shape index (κ2) is 7.43. The van der Waals surface area contributed by atoms with Crippen LogP contribution in [0.4, 0.5) is 5.69 Å². The van der Waals surface area contributed by atoms with Gasteiger partial charge in [-0.3, -0.25) is 14.4 Å². The molecule has 0 spiro atoms. The molecule has 3 aromatic rings. The van der Waals surface area contributed by atoms with Gasteiger partial charge in [0.15, 0.2) is 12.5 Å². The first-order valence-electron chi connectivity index (χ1n) is 8.62. The highest BCUT2D eigenvalue weighted by Gasteiger charge is 2.36. The lowest BCUT2D eigenvalue weighted by Crippen LogP contribution is -2.33. The maximum atomic E-state index is 12.5. The molecule has 1 aliphatic rings. The lowest BCUT2D eigenvalue weighted by atomic mass is 10.1. The number of para-hydroxylation sites is 1. The standard InChI is InChI=1S/C21H14N2O6/c24-18(17-10-5-11-28-17)22-16-9-4-3-8-15(16)21(27)29-12-23-19(25)13-6-1-2-7-14(13)20(23)26/h1-11H,12H2,(H,22,24). The molecule has 0 unspecified atom stereocenters. The molecule has 2 aromatic carbocycles. The average Bonchev–Trinajstić information content (AvgIpc) is 3.36. The Balaban J connectivity index is 1.47. The first-order valence-corrected chi connectivity index (χ1v) is 8.62. The highest BCUT2D eigenvalue weighted by atomic mass is 16.5. The Hall–Kier alpha value is -4.20. The summed E-state index contributed by atoms with van der Waals surface area (Å²) in [5, 5.41) is 2.57. The van der Waals surface area contributed by atoms with Gasteiger partial charge in [0, 0.05) is 0 Å². The summed E-state index contributed by atoms with van der Waals surface area (Å²) in [6.45, 7) is -0.536. The van der Waals surface area contributed by atoms with Crippen molar-refractivity contribution >= 4 is 29.4 Å². The van der Waals surface area contributed by atoms with E-state index in [0.29, 0.717) is 0 Å². The predicted molar refractivity (Wildman–Crippen MR) is 100 cm³/mol. The van der Waals surface area contributed by atoms with Gasteiger partial charge >= 0.3 is 5.97 Å². The quantitative estimate of drug-likeness (QED) is 0.530. The number of rotatable bonds is 5. The van der Waals surface area contributed by atoms with Crippen LogP contribution >= 0.6 is 0 Å². The summed E-state index contributed by atoms with van der Waals surface area (Å²) in [6.07, 6.45) is 1.36. The molecule has 1 N–H and O–H groups in total. The van der Waals surface area contributed by atoms with Crippen LogP contribution in [0.2, 0.25) is 0 Å². The zero-order valence-corrected chi connectivity index (χ0v) is 15.0. The maximum Gasteiger partial charge on any atom is 0.341 e. The Labute approximate surface area is 164 Å². The smallest absolute Gasteiger partial charge is 0.341 e. The van der Waals surface area contributed by atoms with Crippen LogP contribution < -0.4 is 5.32 Å². The molecule has 0 saturated carbocycles. The number of fused-ring (bicyclic) bond motifs is 1. The number of nitrogens with zero attached hydrogens (tertiary/aromatic N) is 1. The first kappa shape index (κ1) is 18.2. The van der Waals surface area contributed by atoms with Crippen molar-refractivity contribution in [2.24, 2.45) is 0 Å². The van der Waals surface area contributed by atoms with E-state index in [1.54, 1.807) is 30.3 Å². The summed E-state index contributed by atoms with van der Waals surface area (Å²) in [6, 6.07) is 15.7. The second-order valence-corrected chi connectivity index (χ2v) is 6.12. The van der Waals surface area contributed by atoms with E-state index in [4.69, 9.17) is 9.15 Å². The van der Waals surface area contributed by atoms with Gasteiger partial charge in [0.2, 0.25) is 0 Å². The van der Waals surface area contributed by atoms with Crippen molar-refractivity contribution in [2.75, 3.05) is 12.0 Å². The lowest BCUT2D eigenvalue weighted by Gasteiger charge is -2.15. The summed E-state index contributed by atoms with van der Waals surface area (Å²) in [5.41, 5.74) is 0.810. The molecule has 1 aliphatic heterocycles. The molecular weight excluding hydrogens is 376 g/mol. The molecule has 4 rings (SSSR count). The van der Waals surface area contributed by atoms with E-state index < -0.39 is 30.4 Å². The number of imide groups is 1. The number of hydrogen-bond acceptors (Lipinski definition) is 6. The molecule has 0 aliphatic carbocycles. The van der Waals surface area contributed by atoms with Crippen LogP contribution in [0.5, 0.6) is 0 Å². The van der Waals surface area contributed by atoms with E-state index in [1.807, 2.05) is 0 Å². The zero-order chi connectivity index (χ0) is 20.4. The van der Waals surface area contributed by atoms with Crippen LogP contribution in [-0.2, 0) is 4.74 Å². The molecule has 0 radical (unpaired) electrons. The van der Waals surface area contributed by atoms with Gasteiger partial charge in [0.25, 0.3) is 17.7 Å². The van der Waals surface area contributed by atoms with Gasteiger partial charge in [-0.1, -0.05) is 24.3 Å². The molecule has 0 fully saturated rings. The fourth-order valence-electron chi connectivity index (χ4n) is 2.92. The van der Waals surface area contributed by atoms with Crippen molar-refractivity contribution < 1.29 is 28.3 Å². The SMILES string of the molecule is O=C(Nc1ccccc1C(=O)OCN1C(=O)c2ccccc2C1=O)c1ccco1. The summed E-state index contributed by atoms with van der Waals surface area (Å²) in [7, 11) is 0. The number of hydrogen-bond donors (Lipinski definition) is 1. The normalized spacial score (nSPS) is 12.6. The fraction of sp³-hybridized carbons (Fsp3) is 0.0476. The third kappa shape index (κ3) is 3.39. The van der Waals surface area contributed by atoms with Crippen LogP contribution in [0, 0.1) is 0 Å². The van der Waals surface area contributed by atoms with Gasteiger partial charge in [0.1, 0.15) is 0 Å². The summed E-state index contributed by atoms with van der Waals surface area (Å²) >= 11 is 0. The first-order chi connectivity index (χ1) is 14.1. The third-order valence-electron chi connectivity index (χ3n) is 4.34. The van der Waals surface area contributed by atoms with Crippen LogP contribution in [0.3, 0.4) is 0 Å². The number of nitrogens with one attached hydrogen (secondary N) is 1. The number of carbonyl (C=O) groups excluding carboxylic acids is 4. The largest absolute Gasteiger partial charge is 0.459 e. The van der Waals surface area contributed by atoms with E-state index in [-0.39, 0.29) is 28.1 Å². The van der Waals surface area contributed by atoms with Gasteiger partial charge in [-0.05, 0) is 36.4 Å². The molecule has 0 atom stereocenters. The number of anilines is 1. The van der Waals surface area contributed by atoms with E-state index in [9.17, 15) is 19.2 Å². The van der Waals surface area contributed by atoms with Crippen molar-refractivity contribution in [3.05, 3.63) is 89.4 Å². The summed E-state index contributed by atoms with van der Waals surface area (Å²) in [5.74, 6) is -2.30. The Morgan fingerprint density at radius 2 is 1.55 bits per heavy atom. The molecule has 2 heterocycles. The molecule has 144 valence electrons. The average molecular weight is 390 g/mol. The van der Waals surface area contributed by atoms with Crippen LogP contribution in [0.15, 0.2) is 71.3 Å². The number of amides is 3. The maximum absolute atomic E-state index is 12.5. The van der Waals surface area contributed by atoms with E-state index in [0.717, 1.165) is 4.90 Å². The topological polar surface area (TPSA) is 106 Å². The lowest BCUT2D eigenvalue weighted by molar-refractivity contribution is 0.0229. The van der Waals surface area contributed by atoms with Crippen LogP contribution in [-0.4, -0.2) is 35.3 Å². The number of esters is 1. The molecule has 29 heavy (non-hydrogen) atoms. The van der Waals surface area contributed by atoms with Crippen molar-refractivity contribution in [2.45, 2.75) is 0 Å². The number of furan rings is 1. The fourth-order valence-corrected chi connectivity index (χ4v) is 2.92. The molecule has 8 heteroatoms. The molecule has 0 bridgehead atoms. The zero-order valence-electron chi connectivity index (χ0n) is 15.0. The molecule has 0 saturated heterocycles. The van der Waals surface area contributed by atoms with Crippen LogP contribution in [0.25, 0.3) is 0 Å². The minimum Gasteiger partial charge on any atom is -0.459 e. The van der Waals surface area contributed by atoms with Crippen molar-refractivity contribution in [1.82, 2.24) is 4.90 Å². The van der Waals surface area contributed by atoms with Crippen LogP contribution in [0.1, 0.15) is 41.6 Å². The van der Waals surface area contributed by atoms with Gasteiger partial charge in [-0.15, -0.1) is 0 Å². The number of benzene rings is 2. The van der Waals surface area contributed by atoms with Gasteiger partial charge in [0.05, 0.1) is 28.6 Å². The Kier molecular flexibility index (Phi) is 4.66.